The first-order valence-corrected chi connectivity index (χ1v) is 6.92. The summed E-state index contributed by atoms with van der Waals surface area (Å²) in [6.07, 6.45) is 0.731. The van der Waals surface area contributed by atoms with Gasteiger partial charge in [-0.05, 0) is 42.8 Å². The van der Waals surface area contributed by atoms with Crippen molar-refractivity contribution in [1.82, 2.24) is 0 Å². The summed E-state index contributed by atoms with van der Waals surface area (Å²) in [6, 6.07) is 12.6. The van der Waals surface area contributed by atoms with E-state index in [-0.39, 0.29) is 5.78 Å². The molecule has 0 radical (unpaired) electrons. The Morgan fingerprint density at radius 3 is 2.40 bits per heavy atom. The quantitative estimate of drug-likeness (QED) is 0.634. The molecule has 3 nitrogen and oxygen atoms in total. The lowest BCUT2D eigenvalue weighted by atomic mass is 9.99. The Kier molecular flexibility index (Phi) is 4.35. The van der Waals surface area contributed by atoms with Crippen molar-refractivity contribution in [3.8, 4) is 0 Å². The van der Waals surface area contributed by atoms with Crippen LogP contribution in [-0.2, 0) is 4.79 Å². The SMILES string of the molecule is Cc1c(Br)cccc1C(=O)c1ccc(N(C)C=O)cc1. The molecule has 0 N–H and O–H groups in total. The maximum absolute atomic E-state index is 12.5. The number of ketones is 1. The molecule has 102 valence electrons. The van der Waals surface area contributed by atoms with Gasteiger partial charge in [0.25, 0.3) is 0 Å². The van der Waals surface area contributed by atoms with E-state index in [0.29, 0.717) is 11.1 Å². The van der Waals surface area contributed by atoms with E-state index in [1.54, 1.807) is 31.3 Å². The average molecular weight is 332 g/mol. The molecule has 0 aromatic heterocycles. The topological polar surface area (TPSA) is 37.4 Å². The van der Waals surface area contributed by atoms with Crippen LogP contribution in [0.1, 0.15) is 21.5 Å². The van der Waals surface area contributed by atoms with Crippen molar-refractivity contribution in [3.05, 3.63) is 63.6 Å². The molecule has 20 heavy (non-hydrogen) atoms. The van der Waals surface area contributed by atoms with Crippen molar-refractivity contribution < 1.29 is 9.59 Å². The first kappa shape index (κ1) is 14.5. The molecule has 0 aliphatic heterocycles. The maximum atomic E-state index is 12.5. The van der Waals surface area contributed by atoms with Gasteiger partial charge < -0.3 is 4.90 Å². The van der Waals surface area contributed by atoms with Crippen LogP contribution >= 0.6 is 15.9 Å². The van der Waals surface area contributed by atoms with Gasteiger partial charge >= 0.3 is 0 Å². The summed E-state index contributed by atoms with van der Waals surface area (Å²) in [5, 5.41) is 0. The van der Waals surface area contributed by atoms with Crippen molar-refractivity contribution in [1.29, 1.82) is 0 Å². The largest absolute Gasteiger partial charge is 0.318 e. The smallest absolute Gasteiger partial charge is 0.213 e. The Labute approximate surface area is 126 Å². The highest BCUT2D eigenvalue weighted by molar-refractivity contribution is 9.10. The van der Waals surface area contributed by atoms with Gasteiger partial charge in [-0.15, -0.1) is 0 Å². The number of anilines is 1. The number of benzene rings is 2. The summed E-state index contributed by atoms with van der Waals surface area (Å²) in [4.78, 5) is 24.6. The number of halogens is 1. The van der Waals surface area contributed by atoms with Gasteiger partial charge in [-0.25, -0.2) is 0 Å². The number of carbonyl (C=O) groups is 2. The molecule has 0 atom stereocenters. The minimum absolute atomic E-state index is 0.0240. The standard InChI is InChI=1S/C16H14BrNO2/c1-11-14(4-3-5-15(11)17)16(20)12-6-8-13(9-7-12)18(2)10-19/h3-10H,1-2H3. The van der Waals surface area contributed by atoms with Crippen molar-refractivity contribution >= 4 is 33.8 Å². The number of amides is 1. The van der Waals surface area contributed by atoms with Crippen molar-refractivity contribution in [3.63, 3.8) is 0 Å². The lowest BCUT2D eigenvalue weighted by Crippen LogP contribution is -2.13. The van der Waals surface area contributed by atoms with E-state index in [4.69, 9.17) is 0 Å². The number of carbonyl (C=O) groups excluding carboxylic acids is 2. The molecule has 0 aliphatic carbocycles. The zero-order valence-electron chi connectivity index (χ0n) is 11.3. The second-order valence-corrected chi connectivity index (χ2v) is 5.36. The molecule has 0 bridgehead atoms. The molecule has 0 aliphatic rings. The van der Waals surface area contributed by atoms with Crippen LogP contribution in [0, 0.1) is 6.92 Å². The lowest BCUT2D eigenvalue weighted by molar-refractivity contribution is -0.107. The zero-order valence-corrected chi connectivity index (χ0v) is 12.8. The average Bonchev–Trinajstić information content (AvgIpc) is 2.48. The monoisotopic (exact) mass is 331 g/mol. The number of nitrogens with zero attached hydrogens (tertiary/aromatic N) is 1. The third-order valence-electron chi connectivity index (χ3n) is 3.21. The third kappa shape index (κ3) is 2.80. The molecule has 0 heterocycles. The van der Waals surface area contributed by atoms with E-state index in [9.17, 15) is 9.59 Å². The van der Waals surface area contributed by atoms with E-state index in [0.717, 1.165) is 22.1 Å². The molecule has 0 fully saturated rings. The van der Waals surface area contributed by atoms with Crippen LogP contribution in [0.2, 0.25) is 0 Å². The molecule has 0 saturated carbocycles. The fraction of sp³-hybridized carbons (Fsp3) is 0.125. The van der Waals surface area contributed by atoms with Crippen LogP contribution in [-0.4, -0.2) is 19.2 Å². The summed E-state index contributed by atoms with van der Waals surface area (Å²) in [5.41, 5.74) is 2.96. The molecule has 4 heteroatoms. The maximum Gasteiger partial charge on any atom is 0.213 e. The molecule has 2 aromatic carbocycles. The van der Waals surface area contributed by atoms with Crippen LogP contribution in [0.5, 0.6) is 0 Å². The minimum Gasteiger partial charge on any atom is -0.318 e. The van der Waals surface area contributed by atoms with Crippen LogP contribution in [0.15, 0.2) is 46.9 Å². The van der Waals surface area contributed by atoms with Crippen LogP contribution in [0.3, 0.4) is 0 Å². The van der Waals surface area contributed by atoms with E-state index in [1.807, 2.05) is 25.1 Å². The van der Waals surface area contributed by atoms with Gasteiger partial charge in [-0.2, -0.15) is 0 Å². The van der Waals surface area contributed by atoms with Gasteiger partial charge in [0.05, 0.1) is 0 Å². The van der Waals surface area contributed by atoms with Gasteiger partial charge in [-0.1, -0.05) is 28.1 Å². The molecule has 2 rings (SSSR count). The Bertz CT molecular complexity index is 650. The first-order valence-electron chi connectivity index (χ1n) is 6.12. The van der Waals surface area contributed by atoms with Gasteiger partial charge in [0.1, 0.15) is 0 Å². The summed E-state index contributed by atoms with van der Waals surface area (Å²) >= 11 is 3.43. The van der Waals surface area contributed by atoms with Crippen molar-refractivity contribution in [2.75, 3.05) is 11.9 Å². The van der Waals surface area contributed by atoms with E-state index < -0.39 is 0 Å². The zero-order chi connectivity index (χ0) is 14.7. The molecular formula is C16H14BrNO2. The number of hydrogen-bond donors (Lipinski definition) is 0. The van der Waals surface area contributed by atoms with E-state index >= 15 is 0 Å². The predicted molar refractivity (Wildman–Crippen MR) is 83.2 cm³/mol. The molecule has 0 spiro atoms. The molecule has 1 amide bonds. The fourth-order valence-corrected chi connectivity index (χ4v) is 2.28. The van der Waals surface area contributed by atoms with Crippen LogP contribution < -0.4 is 4.90 Å². The normalized spacial score (nSPS) is 10.2. The lowest BCUT2D eigenvalue weighted by Gasteiger charge is -2.11. The van der Waals surface area contributed by atoms with Gasteiger partial charge in [0.2, 0.25) is 6.41 Å². The Morgan fingerprint density at radius 1 is 1.15 bits per heavy atom. The molecular weight excluding hydrogens is 318 g/mol. The Hall–Kier alpha value is -1.94. The summed E-state index contributed by atoms with van der Waals surface area (Å²) in [6.45, 7) is 1.91. The van der Waals surface area contributed by atoms with Gasteiger partial charge in [-0.3, -0.25) is 9.59 Å². The second kappa shape index (κ2) is 6.01. The van der Waals surface area contributed by atoms with Crippen LogP contribution in [0.4, 0.5) is 5.69 Å². The Balaban J connectivity index is 2.34. The van der Waals surface area contributed by atoms with Crippen molar-refractivity contribution in [2.45, 2.75) is 6.92 Å². The summed E-state index contributed by atoms with van der Waals surface area (Å²) < 4.78 is 0.917. The fourth-order valence-electron chi connectivity index (χ4n) is 1.92. The molecule has 2 aromatic rings. The highest BCUT2D eigenvalue weighted by atomic mass is 79.9. The first-order chi connectivity index (χ1) is 9.54. The van der Waals surface area contributed by atoms with Crippen molar-refractivity contribution in [2.24, 2.45) is 0 Å². The van der Waals surface area contributed by atoms with Gasteiger partial charge in [0.15, 0.2) is 5.78 Å². The second-order valence-electron chi connectivity index (χ2n) is 4.50. The molecule has 0 saturated heterocycles. The third-order valence-corrected chi connectivity index (χ3v) is 4.07. The Morgan fingerprint density at radius 2 is 1.80 bits per heavy atom. The highest BCUT2D eigenvalue weighted by Gasteiger charge is 2.13. The van der Waals surface area contributed by atoms with E-state index in [1.165, 1.54) is 4.90 Å². The van der Waals surface area contributed by atoms with Crippen LogP contribution in [0.25, 0.3) is 0 Å². The van der Waals surface area contributed by atoms with E-state index in [2.05, 4.69) is 15.9 Å². The molecule has 0 unspecified atom stereocenters. The highest BCUT2D eigenvalue weighted by Crippen LogP contribution is 2.22. The predicted octanol–water partition coefficient (Wildman–Crippen LogP) is 3.58. The summed E-state index contributed by atoms with van der Waals surface area (Å²) in [7, 11) is 1.67. The minimum atomic E-state index is -0.0240. The van der Waals surface area contributed by atoms with Gasteiger partial charge in [0, 0.05) is 28.3 Å². The number of rotatable bonds is 4. The summed E-state index contributed by atoms with van der Waals surface area (Å²) in [5.74, 6) is -0.0240. The number of hydrogen-bond acceptors (Lipinski definition) is 2.